The predicted molar refractivity (Wildman–Crippen MR) is 184 cm³/mol. The molecule has 5 rings (SSSR count). The molecule has 0 spiro atoms. The molecular weight excluding hydrogens is 611 g/mol. The van der Waals surface area contributed by atoms with Crippen LogP contribution in [0.25, 0.3) is 0 Å². The molecule has 0 bridgehead atoms. The maximum Gasteiger partial charge on any atom is 0.264 e. The minimum atomic E-state index is -4.20. The smallest absolute Gasteiger partial charge is 0.264 e. The average Bonchev–Trinajstić information content (AvgIpc) is 3.10. The minimum absolute atomic E-state index is 0.0368. The van der Waals surface area contributed by atoms with E-state index in [1.54, 1.807) is 42.5 Å². The number of nitrogens with zero attached hydrogens (tertiary/aromatic N) is 2. The number of nitrogens with one attached hydrogen (secondary N) is 1. The van der Waals surface area contributed by atoms with Crippen LogP contribution in [0.2, 0.25) is 0 Å². The van der Waals surface area contributed by atoms with Crippen molar-refractivity contribution >= 4 is 27.5 Å². The lowest BCUT2D eigenvalue weighted by molar-refractivity contribution is -0.139. The third-order valence-electron chi connectivity index (χ3n) is 7.67. The molecule has 0 aromatic heterocycles. The van der Waals surface area contributed by atoms with Crippen LogP contribution in [0, 0.1) is 6.92 Å². The van der Waals surface area contributed by atoms with Gasteiger partial charge in [0.25, 0.3) is 10.0 Å². The summed E-state index contributed by atoms with van der Waals surface area (Å²) >= 11 is 0. The Hall–Kier alpha value is -5.41. The first kappa shape index (κ1) is 33.0. The van der Waals surface area contributed by atoms with Gasteiger partial charge >= 0.3 is 0 Å². The van der Waals surface area contributed by atoms with E-state index >= 15 is 0 Å². The van der Waals surface area contributed by atoms with E-state index in [4.69, 9.17) is 4.74 Å². The lowest BCUT2D eigenvalue weighted by atomic mass is 10.0. The van der Waals surface area contributed by atoms with Gasteiger partial charge in [0.2, 0.25) is 11.8 Å². The summed E-state index contributed by atoms with van der Waals surface area (Å²) in [6.45, 7) is 1.52. The first-order valence-electron chi connectivity index (χ1n) is 15.3. The highest BCUT2D eigenvalue weighted by Crippen LogP contribution is 2.29. The third kappa shape index (κ3) is 8.45. The fraction of sp³-hybridized carbons (Fsp3) is 0.158. The van der Waals surface area contributed by atoms with Crippen LogP contribution in [0.5, 0.6) is 11.5 Å². The summed E-state index contributed by atoms with van der Waals surface area (Å²) in [4.78, 5) is 29.4. The zero-order valence-corrected chi connectivity index (χ0v) is 27.1. The van der Waals surface area contributed by atoms with E-state index in [-0.39, 0.29) is 29.5 Å². The van der Waals surface area contributed by atoms with Gasteiger partial charge in [0.15, 0.2) is 0 Å². The van der Waals surface area contributed by atoms with E-state index in [9.17, 15) is 18.0 Å². The van der Waals surface area contributed by atoms with Gasteiger partial charge in [-0.1, -0.05) is 96.6 Å². The van der Waals surface area contributed by atoms with E-state index in [2.05, 4.69) is 5.32 Å². The van der Waals surface area contributed by atoms with Crippen molar-refractivity contribution in [3.8, 4) is 11.5 Å². The molecule has 1 atom stereocenters. The summed E-state index contributed by atoms with van der Waals surface area (Å²) in [7, 11) is -2.67. The van der Waals surface area contributed by atoms with Crippen LogP contribution in [-0.4, -0.2) is 44.8 Å². The van der Waals surface area contributed by atoms with Gasteiger partial charge in [0, 0.05) is 20.0 Å². The Morgan fingerprint density at radius 2 is 1.30 bits per heavy atom. The molecule has 0 fully saturated rings. The van der Waals surface area contributed by atoms with Crippen molar-refractivity contribution in [1.29, 1.82) is 0 Å². The van der Waals surface area contributed by atoms with Crippen molar-refractivity contribution < 1.29 is 22.7 Å². The summed E-state index contributed by atoms with van der Waals surface area (Å²) in [5.41, 5.74) is 2.96. The normalized spacial score (nSPS) is 11.7. The third-order valence-corrected chi connectivity index (χ3v) is 9.45. The van der Waals surface area contributed by atoms with Crippen LogP contribution in [-0.2, 0) is 32.6 Å². The molecule has 0 saturated heterocycles. The summed E-state index contributed by atoms with van der Waals surface area (Å²) in [6.07, 6.45) is 0.245. The fourth-order valence-electron chi connectivity index (χ4n) is 5.28. The van der Waals surface area contributed by atoms with Crippen LogP contribution in [0.1, 0.15) is 16.7 Å². The second kappa shape index (κ2) is 15.2. The molecule has 1 N–H and O–H groups in total. The van der Waals surface area contributed by atoms with Crippen molar-refractivity contribution in [2.45, 2.75) is 30.8 Å². The number of carbonyl (C=O) groups excluding carboxylic acids is 2. The van der Waals surface area contributed by atoms with Crippen LogP contribution in [0.3, 0.4) is 0 Å². The van der Waals surface area contributed by atoms with Gasteiger partial charge in [-0.15, -0.1) is 0 Å². The van der Waals surface area contributed by atoms with E-state index in [0.29, 0.717) is 11.5 Å². The fourth-order valence-corrected chi connectivity index (χ4v) is 6.72. The average molecular weight is 648 g/mol. The van der Waals surface area contributed by atoms with Crippen LogP contribution < -0.4 is 14.4 Å². The van der Waals surface area contributed by atoms with Gasteiger partial charge in [-0.25, -0.2) is 8.42 Å². The van der Waals surface area contributed by atoms with Gasteiger partial charge in [-0.3, -0.25) is 13.9 Å². The first-order valence-corrected chi connectivity index (χ1v) is 16.7. The standard InChI is InChI=1S/C38H37N3O5S/c1-29-13-12-16-31(25-29)27-40(36(38(43)39-2)26-30-14-6-3-7-15-30)37(42)28-41(47(44,45)35-19-10-5-11-20-35)32-21-23-34(24-22-32)46-33-17-8-4-9-18-33/h3-25,36H,26-28H2,1-2H3,(H,39,43). The van der Waals surface area contributed by atoms with Crippen molar-refractivity contribution in [2.24, 2.45) is 0 Å². The highest BCUT2D eigenvalue weighted by Gasteiger charge is 2.34. The minimum Gasteiger partial charge on any atom is -0.457 e. The van der Waals surface area contributed by atoms with Crippen molar-refractivity contribution in [2.75, 3.05) is 17.9 Å². The van der Waals surface area contributed by atoms with Crippen LogP contribution in [0.15, 0.2) is 144 Å². The zero-order valence-electron chi connectivity index (χ0n) is 26.3. The summed E-state index contributed by atoms with van der Waals surface area (Å²) in [6, 6.07) is 40.0. The molecule has 8 nitrogen and oxygen atoms in total. The van der Waals surface area contributed by atoms with Gasteiger partial charge < -0.3 is 15.0 Å². The van der Waals surface area contributed by atoms with Crippen molar-refractivity contribution in [3.05, 3.63) is 156 Å². The van der Waals surface area contributed by atoms with E-state index < -0.39 is 28.5 Å². The van der Waals surface area contributed by atoms with Gasteiger partial charge in [0.05, 0.1) is 10.6 Å². The second-order valence-corrected chi connectivity index (χ2v) is 12.9. The molecule has 5 aromatic rings. The number of amides is 2. The number of carbonyl (C=O) groups is 2. The molecule has 9 heteroatoms. The Balaban J connectivity index is 1.53. The van der Waals surface area contributed by atoms with Gasteiger partial charge in [-0.05, 0) is 66.6 Å². The number of anilines is 1. The molecule has 240 valence electrons. The van der Waals surface area contributed by atoms with Crippen LogP contribution >= 0.6 is 0 Å². The molecule has 5 aromatic carbocycles. The molecule has 0 aliphatic carbocycles. The Morgan fingerprint density at radius 3 is 1.91 bits per heavy atom. The van der Waals surface area contributed by atoms with E-state index in [1.165, 1.54) is 24.1 Å². The maximum absolute atomic E-state index is 14.5. The SMILES string of the molecule is CNC(=O)C(Cc1ccccc1)N(Cc1cccc(C)c1)C(=O)CN(c1ccc(Oc2ccccc2)cc1)S(=O)(=O)c1ccccc1. The summed E-state index contributed by atoms with van der Waals surface area (Å²) in [5, 5.41) is 2.71. The number of ether oxygens (including phenoxy) is 1. The van der Waals surface area contributed by atoms with Crippen molar-refractivity contribution in [3.63, 3.8) is 0 Å². The molecule has 2 amide bonds. The summed E-state index contributed by atoms with van der Waals surface area (Å²) < 4.78 is 35.3. The number of aryl methyl sites for hydroxylation is 1. The number of likely N-dealkylation sites (N-methyl/N-ethyl adjacent to an activating group) is 1. The maximum atomic E-state index is 14.5. The monoisotopic (exact) mass is 647 g/mol. The lowest BCUT2D eigenvalue weighted by Crippen LogP contribution is -2.53. The highest BCUT2D eigenvalue weighted by molar-refractivity contribution is 7.92. The zero-order chi connectivity index (χ0) is 33.2. The first-order chi connectivity index (χ1) is 22.7. The van der Waals surface area contributed by atoms with E-state index in [1.807, 2.05) is 91.9 Å². The molecule has 0 heterocycles. The number of benzene rings is 5. The topological polar surface area (TPSA) is 96.0 Å². The molecule has 47 heavy (non-hydrogen) atoms. The second-order valence-electron chi connectivity index (χ2n) is 11.1. The molecule has 0 radical (unpaired) electrons. The molecule has 1 unspecified atom stereocenters. The Morgan fingerprint density at radius 1 is 0.723 bits per heavy atom. The van der Waals surface area contributed by atoms with Gasteiger partial charge in [-0.2, -0.15) is 0 Å². The lowest BCUT2D eigenvalue weighted by Gasteiger charge is -2.33. The van der Waals surface area contributed by atoms with Gasteiger partial charge in [0.1, 0.15) is 24.1 Å². The highest BCUT2D eigenvalue weighted by atomic mass is 32.2. The molecule has 0 aliphatic heterocycles. The Kier molecular flexibility index (Phi) is 10.7. The van der Waals surface area contributed by atoms with E-state index in [0.717, 1.165) is 21.0 Å². The van der Waals surface area contributed by atoms with Crippen LogP contribution in [0.4, 0.5) is 5.69 Å². The quantitative estimate of drug-likeness (QED) is 0.160. The van der Waals surface area contributed by atoms with Crippen molar-refractivity contribution in [1.82, 2.24) is 10.2 Å². The summed E-state index contributed by atoms with van der Waals surface area (Å²) in [5.74, 6) is 0.261. The number of para-hydroxylation sites is 1. The largest absolute Gasteiger partial charge is 0.457 e. The number of rotatable bonds is 13. The number of hydrogen-bond donors (Lipinski definition) is 1. The number of hydrogen-bond acceptors (Lipinski definition) is 5. The molecule has 0 aliphatic rings. The molecular formula is C38H37N3O5S. The number of sulfonamides is 1. The predicted octanol–water partition coefficient (Wildman–Crippen LogP) is 6.37. The Labute approximate surface area is 276 Å². The Bertz CT molecular complexity index is 1890. The molecule has 0 saturated carbocycles.